The van der Waals surface area contributed by atoms with Crippen molar-refractivity contribution in [2.45, 2.75) is 37.8 Å². The van der Waals surface area contributed by atoms with E-state index in [-0.39, 0.29) is 29.9 Å². The average Bonchev–Trinajstić information content (AvgIpc) is 3.59. The number of likely N-dealkylation sites (tertiary alicyclic amines) is 1. The number of methoxy groups -OCH3 is 1. The van der Waals surface area contributed by atoms with Crippen LogP contribution in [0.25, 0.3) is 23.0 Å². The second kappa shape index (κ2) is 15.0. The van der Waals surface area contributed by atoms with Gasteiger partial charge in [-0.05, 0) is 59.2 Å². The average molecular weight is 666 g/mol. The van der Waals surface area contributed by atoms with Crippen LogP contribution in [-0.2, 0) is 25.5 Å². The number of esters is 1. The van der Waals surface area contributed by atoms with Crippen LogP contribution in [0.2, 0.25) is 10.2 Å². The molecule has 0 radical (unpaired) electrons. The van der Waals surface area contributed by atoms with Crippen molar-refractivity contribution in [3.05, 3.63) is 87.8 Å². The number of halogens is 2. The van der Waals surface area contributed by atoms with Crippen LogP contribution in [0.15, 0.2) is 60.9 Å². The number of hydrogen-bond donors (Lipinski definition) is 2. The SMILES string of the molecule is COC(=O)Cc1ccc(-c2cc(C(CC(=O)N3CCC(O)CC3)NC(=O)/C=C/c3cc(Cl)ccc3-n3cnnn3)c(Cl)nn2)cc1. The molecule has 1 unspecified atom stereocenters. The highest BCUT2D eigenvalue weighted by Gasteiger charge is 2.27. The lowest BCUT2D eigenvalue weighted by molar-refractivity contribution is -0.140. The normalized spacial score (nSPS) is 14.3. The lowest BCUT2D eigenvalue weighted by atomic mass is 10.0. The van der Waals surface area contributed by atoms with Gasteiger partial charge in [0.25, 0.3) is 0 Å². The molecule has 0 spiro atoms. The second-order valence-electron chi connectivity index (χ2n) is 10.6. The maximum Gasteiger partial charge on any atom is 0.309 e. The van der Waals surface area contributed by atoms with E-state index in [0.29, 0.717) is 59.0 Å². The monoisotopic (exact) mass is 664 g/mol. The van der Waals surface area contributed by atoms with Crippen LogP contribution in [-0.4, -0.2) is 84.5 Å². The van der Waals surface area contributed by atoms with Gasteiger partial charge in [-0.2, -0.15) is 4.68 Å². The van der Waals surface area contributed by atoms with Gasteiger partial charge in [0.2, 0.25) is 11.8 Å². The number of hydrogen-bond acceptors (Lipinski definition) is 10. The summed E-state index contributed by atoms with van der Waals surface area (Å²) in [6.45, 7) is 0.807. The minimum absolute atomic E-state index is 0.0259. The van der Waals surface area contributed by atoms with Gasteiger partial charge >= 0.3 is 5.97 Å². The fourth-order valence-electron chi connectivity index (χ4n) is 4.99. The molecule has 1 aliphatic rings. The predicted octanol–water partition coefficient (Wildman–Crippen LogP) is 3.39. The van der Waals surface area contributed by atoms with Crippen molar-refractivity contribution in [1.82, 2.24) is 40.6 Å². The standard InChI is InChI=1S/C31H30Cl2N8O5/c1-46-30(45)14-19-2-4-20(5-3-19)25-16-24(31(33)37-36-25)26(17-29(44)40-12-10-23(42)11-13-40)35-28(43)9-6-21-15-22(32)7-8-27(21)41-18-34-38-39-41/h2-9,15-16,18,23,26,42H,10-14,17H2,1H3,(H,35,43)/b9-6+. The van der Waals surface area contributed by atoms with Gasteiger partial charge in [-0.15, -0.1) is 15.3 Å². The molecule has 0 bridgehead atoms. The third-order valence-electron chi connectivity index (χ3n) is 7.49. The molecule has 1 saturated heterocycles. The van der Waals surface area contributed by atoms with Crippen LogP contribution >= 0.6 is 23.2 Å². The molecule has 46 heavy (non-hydrogen) atoms. The van der Waals surface area contributed by atoms with Crippen LogP contribution in [0.1, 0.15) is 42.0 Å². The molecule has 0 saturated carbocycles. The summed E-state index contributed by atoms with van der Waals surface area (Å²) >= 11 is 12.7. The van der Waals surface area contributed by atoms with Crippen molar-refractivity contribution >= 4 is 47.1 Å². The van der Waals surface area contributed by atoms with Gasteiger partial charge in [-0.3, -0.25) is 14.4 Å². The zero-order valence-electron chi connectivity index (χ0n) is 24.7. The summed E-state index contributed by atoms with van der Waals surface area (Å²) in [6.07, 6.45) is 4.82. The molecule has 3 heterocycles. The third-order valence-corrected chi connectivity index (χ3v) is 8.02. The van der Waals surface area contributed by atoms with E-state index in [1.165, 1.54) is 24.2 Å². The Kier molecular flexibility index (Phi) is 10.7. The van der Waals surface area contributed by atoms with Crippen LogP contribution < -0.4 is 5.32 Å². The molecule has 1 atom stereocenters. The van der Waals surface area contributed by atoms with Gasteiger partial charge < -0.3 is 20.1 Å². The van der Waals surface area contributed by atoms with Crippen LogP contribution in [0, 0.1) is 0 Å². The molecular formula is C31H30Cl2N8O5. The largest absolute Gasteiger partial charge is 0.469 e. The highest BCUT2D eigenvalue weighted by Crippen LogP contribution is 2.29. The van der Waals surface area contributed by atoms with Crippen molar-refractivity contribution in [2.24, 2.45) is 0 Å². The number of tetrazole rings is 1. The molecule has 4 aromatic rings. The van der Waals surface area contributed by atoms with Gasteiger partial charge in [-0.25, -0.2) is 0 Å². The number of ether oxygens (including phenoxy) is 1. The molecule has 2 aromatic carbocycles. The molecule has 13 nitrogen and oxygen atoms in total. The number of aromatic nitrogens is 6. The molecule has 0 aliphatic carbocycles. The molecule has 15 heteroatoms. The zero-order valence-corrected chi connectivity index (χ0v) is 26.2. The Labute approximate surface area is 274 Å². The quantitative estimate of drug-likeness (QED) is 0.190. The first-order valence-electron chi connectivity index (χ1n) is 14.4. The summed E-state index contributed by atoms with van der Waals surface area (Å²) in [4.78, 5) is 40.1. The topological polar surface area (TPSA) is 165 Å². The number of aliphatic hydroxyl groups is 1. The Morgan fingerprint density at radius 3 is 2.54 bits per heavy atom. The van der Waals surface area contributed by atoms with Crippen molar-refractivity contribution in [3.63, 3.8) is 0 Å². The Bertz CT molecular complexity index is 1730. The molecule has 2 amide bonds. The van der Waals surface area contributed by atoms with E-state index in [9.17, 15) is 19.5 Å². The van der Waals surface area contributed by atoms with Crippen LogP contribution in [0.4, 0.5) is 0 Å². The Morgan fingerprint density at radius 1 is 1.09 bits per heavy atom. The zero-order chi connectivity index (χ0) is 32.6. The van der Waals surface area contributed by atoms with Crippen LogP contribution in [0.5, 0.6) is 0 Å². The first kappa shape index (κ1) is 32.7. The van der Waals surface area contributed by atoms with Crippen molar-refractivity contribution in [1.29, 1.82) is 0 Å². The Morgan fingerprint density at radius 2 is 1.85 bits per heavy atom. The first-order valence-corrected chi connectivity index (χ1v) is 15.1. The number of carbonyl (C=O) groups is 3. The van der Waals surface area contributed by atoms with Crippen molar-refractivity contribution in [3.8, 4) is 16.9 Å². The van der Waals surface area contributed by atoms with E-state index in [4.69, 9.17) is 27.9 Å². The summed E-state index contributed by atoms with van der Waals surface area (Å²) in [6, 6.07) is 13.0. The molecule has 5 rings (SSSR count). The molecule has 238 valence electrons. The number of benzene rings is 2. The van der Waals surface area contributed by atoms with Crippen molar-refractivity contribution in [2.75, 3.05) is 20.2 Å². The van der Waals surface area contributed by atoms with Gasteiger partial charge in [0, 0.05) is 40.9 Å². The minimum Gasteiger partial charge on any atom is -0.469 e. The Hall–Kier alpha value is -4.72. The lowest BCUT2D eigenvalue weighted by Crippen LogP contribution is -2.42. The number of nitrogens with one attached hydrogen (secondary N) is 1. The highest BCUT2D eigenvalue weighted by atomic mass is 35.5. The van der Waals surface area contributed by atoms with Gasteiger partial charge in [0.15, 0.2) is 5.15 Å². The lowest BCUT2D eigenvalue weighted by Gasteiger charge is -2.31. The maximum absolute atomic E-state index is 13.4. The van der Waals surface area contributed by atoms with E-state index in [1.807, 2.05) is 0 Å². The van der Waals surface area contributed by atoms with Crippen molar-refractivity contribution < 1.29 is 24.2 Å². The van der Waals surface area contributed by atoms with Gasteiger partial charge in [0.05, 0.1) is 43.5 Å². The summed E-state index contributed by atoms with van der Waals surface area (Å²) in [7, 11) is 1.33. The summed E-state index contributed by atoms with van der Waals surface area (Å²) in [5, 5.41) is 32.9. The number of nitrogens with zero attached hydrogens (tertiary/aromatic N) is 7. The number of piperidine rings is 1. The summed E-state index contributed by atoms with van der Waals surface area (Å²) in [5.41, 5.74) is 3.48. The first-order chi connectivity index (χ1) is 22.2. The smallest absolute Gasteiger partial charge is 0.309 e. The van der Waals surface area contributed by atoms with E-state index < -0.39 is 18.1 Å². The van der Waals surface area contributed by atoms with E-state index >= 15 is 0 Å². The fourth-order valence-corrected chi connectivity index (χ4v) is 5.40. The number of carbonyl (C=O) groups excluding carboxylic acids is 3. The second-order valence-corrected chi connectivity index (χ2v) is 11.4. The fraction of sp³-hybridized carbons (Fsp3) is 0.290. The summed E-state index contributed by atoms with van der Waals surface area (Å²) in [5.74, 6) is -1.07. The van der Waals surface area contributed by atoms with Gasteiger partial charge in [-0.1, -0.05) is 47.5 Å². The van der Waals surface area contributed by atoms with E-state index in [0.717, 1.165) is 5.56 Å². The highest BCUT2D eigenvalue weighted by molar-refractivity contribution is 6.31. The van der Waals surface area contributed by atoms with E-state index in [2.05, 4.69) is 31.0 Å². The summed E-state index contributed by atoms with van der Waals surface area (Å²) < 4.78 is 6.17. The minimum atomic E-state index is -0.866. The number of rotatable bonds is 10. The van der Waals surface area contributed by atoms with Gasteiger partial charge in [0.1, 0.15) is 6.33 Å². The maximum atomic E-state index is 13.4. The molecular weight excluding hydrogens is 635 g/mol. The predicted molar refractivity (Wildman–Crippen MR) is 169 cm³/mol. The molecule has 1 fully saturated rings. The third kappa shape index (κ3) is 8.30. The Balaban J connectivity index is 1.41. The number of amides is 2. The van der Waals surface area contributed by atoms with E-state index in [1.54, 1.807) is 59.5 Å². The van der Waals surface area contributed by atoms with Crippen LogP contribution in [0.3, 0.4) is 0 Å². The number of aliphatic hydroxyl groups excluding tert-OH is 1. The molecule has 1 aliphatic heterocycles. The molecule has 2 aromatic heterocycles. The molecule has 2 N–H and O–H groups in total.